The van der Waals surface area contributed by atoms with E-state index in [1.54, 1.807) is 4.90 Å². The van der Waals surface area contributed by atoms with Crippen molar-refractivity contribution < 1.29 is 14.3 Å². The van der Waals surface area contributed by atoms with Crippen molar-refractivity contribution in [3.05, 3.63) is 0 Å². The van der Waals surface area contributed by atoms with Crippen molar-refractivity contribution in [2.75, 3.05) is 19.7 Å². The number of ether oxygens (including phenoxy) is 2. The van der Waals surface area contributed by atoms with E-state index in [1.165, 1.54) is 32.1 Å². The van der Waals surface area contributed by atoms with Crippen LogP contribution in [0.5, 0.6) is 0 Å². The van der Waals surface area contributed by atoms with Crippen molar-refractivity contribution in [1.82, 2.24) is 4.90 Å². The van der Waals surface area contributed by atoms with Crippen LogP contribution in [0.2, 0.25) is 0 Å². The van der Waals surface area contributed by atoms with Crippen molar-refractivity contribution in [3.63, 3.8) is 0 Å². The summed E-state index contributed by atoms with van der Waals surface area (Å²) in [6, 6.07) is 0. The molecule has 0 radical (unpaired) electrons. The fourth-order valence-corrected chi connectivity index (χ4v) is 3.01. The first-order valence-corrected chi connectivity index (χ1v) is 9.44. The SMILES string of the molecule is CCCCCCCCOC1(CC)CCN(C(=O)OC(C)(C)C)C1. The van der Waals surface area contributed by atoms with Crippen molar-refractivity contribution in [2.45, 2.75) is 97.2 Å². The Balaban J connectivity index is 2.31. The number of nitrogens with zero attached hydrogens (tertiary/aromatic N) is 1. The molecule has 1 fully saturated rings. The first kappa shape index (κ1) is 20.3. The average molecular weight is 328 g/mol. The molecule has 1 amide bonds. The van der Waals surface area contributed by atoms with Gasteiger partial charge in [-0.05, 0) is 40.0 Å². The Hall–Kier alpha value is -0.770. The van der Waals surface area contributed by atoms with E-state index in [0.29, 0.717) is 6.54 Å². The van der Waals surface area contributed by atoms with Gasteiger partial charge in [0.05, 0.1) is 12.1 Å². The molecule has 0 saturated carbocycles. The van der Waals surface area contributed by atoms with Crippen LogP contribution in [0.15, 0.2) is 0 Å². The van der Waals surface area contributed by atoms with Gasteiger partial charge in [0.2, 0.25) is 0 Å². The molecule has 1 atom stereocenters. The van der Waals surface area contributed by atoms with Crippen molar-refractivity contribution in [1.29, 1.82) is 0 Å². The van der Waals surface area contributed by atoms with Crippen LogP contribution in [0.3, 0.4) is 0 Å². The van der Waals surface area contributed by atoms with Crippen molar-refractivity contribution >= 4 is 6.09 Å². The smallest absolute Gasteiger partial charge is 0.410 e. The topological polar surface area (TPSA) is 38.8 Å². The molecule has 23 heavy (non-hydrogen) atoms. The van der Waals surface area contributed by atoms with Crippen LogP contribution in [0.25, 0.3) is 0 Å². The molecule has 1 heterocycles. The number of carbonyl (C=O) groups is 1. The number of amides is 1. The molecule has 0 aromatic carbocycles. The van der Waals surface area contributed by atoms with E-state index in [4.69, 9.17) is 9.47 Å². The Morgan fingerprint density at radius 2 is 1.74 bits per heavy atom. The first-order chi connectivity index (χ1) is 10.8. The monoisotopic (exact) mass is 327 g/mol. The summed E-state index contributed by atoms with van der Waals surface area (Å²) < 4.78 is 11.7. The maximum absolute atomic E-state index is 12.2. The number of unbranched alkanes of at least 4 members (excludes halogenated alkanes) is 5. The normalized spacial score (nSPS) is 21.7. The maximum Gasteiger partial charge on any atom is 0.410 e. The second kappa shape index (κ2) is 9.51. The van der Waals surface area contributed by atoms with Crippen LogP contribution >= 0.6 is 0 Å². The lowest BCUT2D eigenvalue weighted by Gasteiger charge is -2.29. The van der Waals surface area contributed by atoms with Gasteiger partial charge in [-0.3, -0.25) is 0 Å². The van der Waals surface area contributed by atoms with Gasteiger partial charge in [0.15, 0.2) is 0 Å². The lowest BCUT2D eigenvalue weighted by atomic mass is 10.00. The quantitative estimate of drug-likeness (QED) is 0.549. The summed E-state index contributed by atoms with van der Waals surface area (Å²) in [6.07, 6.45) is 9.28. The third kappa shape index (κ3) is 7.56. The zero-order valence-corrected chi connectivity index (χ0v) is 16.0. The van der Waals surface area contributed by atoms with E-state index in [0.717, 1.165) is 32.4 Å². The van der Waals surface area contributed by atoms with Gasteiger partial charge in [-0.2, -0.15) is 0 Å². The van der Waals surface area contributed by atoms with Crippen molar-refractivity contribution in [2.24, 2.45) is 0 Å². The minimum atomic E-state index is -0.437. The van der Waals surface area contributed by atoms with Crippen molar-refractivity contribution in [3.8, 4) is 0 Å². The van der Waals surface area contributed by atoms with E-state index in [2.05, 4.69) is 13.8 Å². The molecule has 1 aliphatic rings. The van der Waals surface area contributed by atoms with Gasteiger partial charge in [-0.15, -0.1) is 0 Å². The first-order valence-electron chi connectivity index (χ1n) is 9.44. The van der Waals surface area contributed by atoms with Gasteiger partial charge < -0.3 is 14.4 Å². The molecule has 0 N–H and O–H groups in total. The average Bonchev–Trinajstić information content (AvgIpc) is 2.90. The minimum Gasteiger partial charge on any atom is -0.444 e. The van der Waals surface area contributed by atoms with E-state index in [1.807, 2.05) is 20.8 Å². The van der Waals surface area contributed by atoms with Gasteiger partial charge >= 0.3 is 6.09 Å². The molecule has 0 aromatic rings. The summed E-state index contributed by atoms with van der Waals surface area (Å²) >= 11 is 0. The summed E-state index contributed by atoms with van der Waals surface area (Å²) in [5.41, 5.74) is -0.603. The molecule has 0 bridgehead atoms. The highest BCUT2D eigenvalue weighted by molar-refractivity contribution is 5.68. The molecular weight excluding hydrogens is 290 g/mol. The zero-order chi connectivity index (χ0) is 17.3. The number of hydrogen-bond acceptors (Lipinski definition) is 3. The summed E-state index contributed by atoms with van der Waals surface area (Å²) in [4.78, 5) is 14.0. The molecule has 4 heteroatoms. The highest BCUT2D eigenvalue weighted by Crippen LogP contribution is 2.30. The largest absolute Gasteiger partial charge is 0.444 e. The third-order valence-corrected chi connectivity index (χ3v) is 4.52. The second-order valence-electron chi connectivity index (χ2n) is 7.80. The Morgan fingerprint density at radius 1 is 1.09 bits per heavy atom. The predicted molar refractivity (Wildman–Crippen MR) is 94.8 cm³/mol. The van der Waals surface area contributed by atoms with Crippen LogP contribution in [0.1, 0.15) is 86.0 Å². The van der Waals surface area contributed by atoms with Gasteiger partial charge in [0.1, 0.15) is 5.60 Å². The van der Waals surface area contributed by atoms with Gasteiger partial charge in [-0.1, -0.05) is 46.0 Å². The number of likely N-dealkylation sites (tertiary alicyclic amines) is 1. The Bertz CT molecular complexity index is 351. The maximum atomic E-state index is 12.2. The number of hydrogen-bond donors (Lipinski definition) is 0. The molecule has 0 aromatic heterocycles. The summed E-state index contributed by atoms with van der Waals surface area (Å²) in [7, 11) is 0. The Morgan fingerprint density at radius 3 is 2.35 bits per heavy atom. The highest BCUT2D eigenvalue weighted by atomic mass is 16.6. The molecule has 0 aliphatic carbocycles. The van der Waals surface area contributed by atoms with Gasteiger partial charge in [0.25, 0.3) is 0 Å². The third-order valence-electron chi connectivity index (χ3n) is 4.52. The fraction of sp³-hybridized carbons (Fsp3) is 0.947. The second-order valence-corrected chi connectivity index (χ2v) is 7.80. The zero-order valence-electron chi connectivity index (χ0n) is 16.0. The lowest BCUT2D eigenvalue weighted by molar-refractivity contribution is -0.0438. The van der Waals surface area contributed by atoms with Crippen LogP contribution in [0, 0.1) is 0 Å². The molecular formula is C19H37NO3. The van der Waals surface area contributed by atoms with Crippen LogP contribution < -0.4 is 0 Å². The highest BCUT2D eigenvalue weighted by Gasteiger charge is 2.40. The molecule has 4 nitrogen and oxygen atoms in total. The predicted octanol–water partition coefficient (Wildman–Crippen LogP) is 5.15. The molecule has 1 rings (SSSR count). The summed E-state index contributed by atoms with van der Waals surface area (Å²) in [5, 5.41) is 0. The molecule has 1 aliphatic heterocycles. The van der Waals surface area contributed by atoms with E-state index in [9.17, 15) is 4.79 Å². The van der Waals surface area contributed by atoms with E-state index < -0.39 is 5.60 Å². The summed E-state index contributed by atoms with van der Waals surface area (Å²) in [5.74, 6) is 0. The lowest BCUT2D eigenvalue weighted by Crippen LogP contribution is -2.40. The Kier molecular flexibility index (Phi) is 8.38. The standard InChI is InChI=1S/C19H37NO3/c1-6-8-9-10-11-12-15-22-19(7-2)13-14-20(16-19)17(21)23-18(3,4)5/h6-16H2,1-5H3. The van der Waals surface area contributed by atoms with E-state index in [-0.39, 0.29) is 11.7 Å². The molecule has 1 saturated heterocycles. The fourth-order valence-electron chi connectivity index (χ4n) is 3.01. The molecule has 0 spiro atoms. The minimum absolute atomic E-state index is 0.166. The number of rotatable bonds is 9. The van der Waals surface area contributed by atoms with Crippen LogP contribution in [-0.2, 0) is 9.47 Å². The van der Waals surface area contributed by atoms with Gasteiger partial charge in [0, 0.05) is 13.2 Å². The Labute approximate surface area is 142 Å². The van der Waals surface area contributed by atoms with Crippen LogP contribution in [-0.4, -0.2) is 41.9 Å². The molecule has 1 unspecified atom stereocenters. The van der Waals surface area contributed by atoms with Gasteiger partial charge in [-0.25, -0.2) is 4.79 Å². The summed E-state index contributed by atoms with van der Waals surface area (Å²) in [6.45, 7) is 12.3. The van der Waals surface area contributed by atoms with E-state index >= 15 is 0 Å². The number of carbonyl (C=O) groups excluding carboxylic acids is 1. The van der Waals surface area contributed by atoms with Crippen LogP contribution in [0.4, 0.5) is 4.79 Å². The molecule has 136 valence electrons.